The highest BCUT2D eigenvalue weighted by molar-refractivity contribution is 6.11. The van der Waals surface area contributed by atoms with Crippen molar-refractivity contribution in [3.8, 4) is 16.8 Å². The average Bonchev–Trinajstić information content (AvgIpc) is 3.17. The van der Waals surface area contributed by atoms with E-state index < -0.39 is 17.5 Å². The number of nitrogens with one attached hydrogen (secondary N) is 1. The number of aryl methyl sites for hydroxylation is 1. The Balaban J connectivity index is 1.93. The predicted molar refractivity (Wildman–Crippen MR) is 128 cm³/mol. The molecule has 8 nitrogen and oxygen atoms in total. The number of nitrogen functional groups attached to an aromatic ring is 1. The third-order valence-corrected chi connectivity index (χ3v) is 5.65. The summed E-state index contributed by atoms with van der Waals surface area (Å²) in [4.78, 5) is 16.2. The minimum Gasteiger partial charge on any atom is -0.383 e. The van der Waals surface area contributed by atoms with Gasteiger partial charge in [0.25, 0.3) is 0 Å². The highest BCUT2D eigenvalue weighted by Gasteiger charge is 2.21. The lowest BCUT2D eigenvalue weighted by atomic mass is 10.0. The number of anilines is 1. The van der Waals surface area contributed by atoms with E-state index in [2.05, 4.69) is 19.9 Å². The maximum Gasteiger partial charge on any atom is 0.173 e. The molecule has 3 heterocycles. The number of fused-ring (bicyclic) bond motifs is 2. The van der Waals surface area contributed by atoms with Crippen LogP contribution in [0.15, 0.2) is 53.8 Å². The van der Waals surface area contributed by atoms with E-state index in [1.54, 1.807) is 23.6 Å². The average molecular weight is 474 g/mol. The predicted octanol–water partition coefficient (Wildman–Crippen LogP) is 4.26. The van der Waals surface area contributed by atoms with Crippen LogP contribution in [-0.2, 0) is 0 Å². The molecule has 0 radical (unpaired) electrons. The van der Waals surface area contributed by atoms with E-state index >= 15 is 0 Å². The maximum absolute atomic E-state index is 14.9. The lowest BCUT2D eigenvalue weighted by Gasteiger charge is -2.13. The van der Waals surface area contributed by atoms with Crippen LogP contribution in [0.3, 0.4) is 0 Å². The van der Waals surface area contributed by atoms with Crippen molar-refractivity contribution in [3.05, 3.63) is 77.6 Å². The summed E-state index contributed by atoms with van der Waals surface area (Å²) >= 11 is 0. The van der Waals surface area contributed by atoms with Gasteiger partial charge in [-0.15, -0.1) is 0 Å². The zero-order valence-corrected chi connectivity index (χ0v) is 18.2. The standard InChI is InChI=1S/C24H17F3N8/c1-11-34-21-14(23(29)33-10-28)8-12(13-4-6-32-24(30)20(13)27)9-18(21)35(11)17-5-7-31-22-16(26)3-2-15(25)19(17)22/h2-10H,1H3,(H2,30,32)(H3,28,29,33). The molecule has 0 aliphatic carbocycles. The van der Waals surface area contributed by atoms with Gasteiger partial charge in [0.05, 0.1) is 16.6 Å². The van der Waals surface area contributed by atoms with Crippen molar-refractivity contribution >= 4 is 39.9 Å². The zero-order valence-electron chi connectivity index (χ0n) is 18.2. The van der Waals surface area contributed by atoms with Crippen LogP contribution in [0.2, 0.25) is 0 Å². The molecule has 5 N–H and O–H groups in total. The number of halogens is 3. The summed E-state index contributed by atoms with van der Waals surface area (Å²) in [6.07, 6.45) is 3.51. The van der Waals surface area contributed by atoms with Gasteiger partial charge in [0, 0.05) is 23.5 Å². The SMILES string of the molecule is Cc1nc2c(C(N)=NC=N)cc(-c3ccnc(N)c3F)cc2n1-c1ccnc2c(F)ccc(F)c12. The van der Waals surface area contributed by atoms with Crippen molar-refractivity contribution < 1.29 is 13.2 Å². The number of nitrogens with two attached hydrogens (primary N) is 2. The molecule has 0 spiro atoms. The van der Waals surface area contributed by atoms with Crippen molar-refractivity contribution in [1.29, 1.82) is 5.41 Å². The fraction of sp³-hybridized carbons (Fsp3) is 0.0417. The molecule has 5 rings (SSSR count). The molecule has 0 aliphatic heterocycles. The molecule has 0 unspecified atom stereocenters. The van der Waals surface area contributed by atoms with Crippen molar-refractivity contribution in [2.24, 2.45) is 10.7 Å². The molecule has 0 aliphatic rings. The Morgan fingerprint density at radius 3 is 2.54 bits per heavy atom. The van der Waals surface area contributed by atoms with Crippen molar-refractivity contribution in [3.63, 3.8) is 0 Å². The quantitative estimate of drug-likeness (QED) is 0.265. The molecular formula is C24H17F3N8. The third-order valence-electron chi connectivity index (χ3n) is 5.65. The number of amidine groups is 1. The number of benzene rings is 2. The molecule has 0 saturated carbocycles. The second-order valence-corrected chi connectivity index (χ2v) is 7.67. The fourth-order valence-electron chi connectivity index (χ4n) is 4.13. The van der Waals surface area contributed by atoms with Crippen molar-refractivity contribution in [2.45, 2.75) is 6.92 Å². The van der Waals surface area contributed by atoms with Gasteiger partial charge in [0.2, 0.25) is 0 Å². The van der Waals surface area contributed by atoms with Gasteiger partial charge in [-0.05, 0) is 48.9 Å². The Morgan fingerprint density at radius 2 is 1.77 bits per heavy atom. The summed E-state index contributed by atoms with van der Waals surface area (Å²) in [7, 11) is 0. The minimum atomic E-state index is -0.731. The second-order valence-electron chi connectivity index (χ2n) is 7.67. The van der Waals surface area contributed by atoms with Gasteiger partial charge < -0.3 is 11.5 Å². The first-order valence-corrected chi connectivity index (χ1v) is 10.3. The van der Waals surface area contributed by atoms with Crippen LogP contribution in [0.1, 0.15) is 11.4 Å². The smallest absolute Gasteiger partial charge is 0.173 e. The Labute approximate surface area is 196 Å². The van der Waals surface area contributed by atoms with Gasteiger partial charge >= 0.3 is 0 Å². The number of rotatable bonds is 4. The number of pyridine rings is 2. The van der Waals surface area contributed by atoms with E-state index in [0.717, 1.165) is 18.5 Å². The first-order valence-electron chi connectivity index (χ1n) is 10.3. The number of hydrogen-bond donors (Lipinski definition) is 3. The van der Waals surface area contributed by atoms with Crippen LogP contribution in [0.5, 0.6) is 0 Å². The van der Waals surface area contributed by atoms with E-state index in [9.17, 15) is 13.2 Å². The van der Waals surface area contributed by atoms with E-state index in [0.29, 0.717) is 28.0 Å². The first-order chi connectivity index (χ1) is 16.8. The summed E-state index contributed by atoms with van der Waals surface area (Å²) in [6, 6.07) is 8.23. The maximum atomic E-state index is 14.9. The monoisotopic (exact) mass is 474 g/mol. The summed E-state index contributed by atoms with van der Waals surface area (Å²) in [5, 5.41) is 7.26. The molecule has 0 atom stereocenters. The van der Waals surface area contributed by atoms with Gasteiger partial charge in [-0.2, -0.15) is 0 Å². The minimum absolute atomic E-state index is 0.0317. The van der Waals surface area contributed by atoms with Gasteiger partial charge in [0.15, 0.2) is 11.6 Å². The van der Waals surface area contributed by atoms with E-state index in [4.69, 9.17) is 16.9 Å². The largest absolute Gasteiger partial charge is 0.383 e. The molecule has 11 heteroatoms. The Kier molecular flexibility index (Phi) is 5.16. The van der Waals surface area contributed by atoms with E-state index in [1.165, 1.54) is 24.5 Å². The Morgan fingerprint density at radius 1 is 1.03 bits per heavy atom. The molecule has 3 aromatic heterocycles. The first kappa shape index (κ1) is 22.0. The van der Waals surface area contributed by atoms with Crippen LogP contribution < -0.4 is 11.5 Å². The molecule has 0 bridgehead atoms. The second kappa shape index (κ2) is 8.20. The molecular weight excluding hydrogens is 457 g/mol. The molecule has 5 aromatic rings. The van der Waals surface area contributed by atoms with Gasteiger partial charge in [0.1, 0.15) is 40.7 Å². The lowest BCUT2D eigenvalue weighted by molar-refractivity contribution is 0.615. The van der Waals surface area contributed by atoms with E-state index in [1.807, 2.05) is 0 Å². The van der Waals surface area contributed by atoms with Crippen LogP contribution in [-0.4, -0.2) is 31.7 Å². The molecule has 35 heavy (non-hydrogen) atoms. The number of nitrogens with zero attached hydrogens (tertiary/aromatic N) is 5. The molecule has 0 fully saturated rings. The lowest BCUT2D eigenvalue weighted by Crippen LogP contribution is -2.14. The summed E-state index contributed by atoms with van der Waals surface area (Å²) in [5.41, 5.74) is 13.6. The van der Waals surface area contributed by atoms with Gasteiger partial charge in [-0.25, -0.2) is 28.1 Å². The summed E-state index contributed by atoms with van der Waals surface area (Å²) in [5.74, 6) is -1.97. The molecule has 2 aromatic carbocycles. The van der Waals surface area contributed by atoms with Gasteiger partial charge in [-0.3, -0.25) is 15.0 Å². The number of hydrogen-bond acceptors (Lipinski definition) is 5. The number of aromatic nitrogens is 4. The van der Waals surface area contributed by atoms with Gasteiger partial charge in [-0.1, -0.05) is 0 Å². The Bertz CT molecular complexity index is 1690. The normalized spacial score (nSPS) is 11.9. The zero-order chi connectivity index (χ0) is 24.9. The van der Waals surface area contributed by atoms with Crippen LogP contribution in [0.4, 0.5) is 19.0 Å². The molecule has 0 saturated heterocycles. The van der Waals surface area contributed by atoms with Crippen LogP contribution >= 0.6 is 0 Å². The van der Waals surface area contributed by atoms with Crippen molar-refractivity contribution in [1.82, 2.24) is 19.5 Å². The number of imidazole rings is 1. The summed E-state index contributed by atoms with van der Waals surface area (Å²) < 4.78 is 45.9. The molecule has 174 valence electrons. The highest BCUT2D eigenvalue weighted by atomic mass is 19.1. The highest BCUT2D eigenvalue weighted by Crippen LogP contribution is 2.34. The molecule has 0 amide bonds. The third kappa shape index (κ3) is 3.44. The Hall–Kier alpha value is -4.80. The summed E-state index contributed by atoms with van der Waals surface area (Å²) in [6.45, 7) is 1.68. The van der Waals surface area contributed by atoms with Crippen molar-refractivity contribution in [2.75, 3.05) is 5.73 Å². The fourth-order valence-corrected chi connectivity index (χ4v) is 4.13. The topological polar surface area (TPSA) is 132 Å². The van der Waals surface area contributed by atoms with Crippen LogP contribution in [0, 0.1) is 29.8 Å². The number of aliphatic imine (C=N–C) groups is 1. The van der Waals surface area contributed by atoms with Crippen LogP contribution in [0.25, 0.3) is 38.8 Å². The van der Waals surface area contributed by atoms with E-state index in [-0.39, 0.29) is 33.8 Å².